The van der Waals surface area contributed by atoms with E-state index in [1.54, 1.807) is 12.1 Å². The molecule has 3 aromatic rings. The van der Waals surface area contributed by atoms with Gasteiger partial charge >= 0.3 is 5.97 Å². The molecule has 0 saturated carbocycles. The average Bonchev–Trinajstić information content (AvgIpc) is 3.53. The quantitative estimate of drug-likeness (QED) is 0.297. The molecule has 0 spiro atoms. The molecule has 220 valence electrons. The van der Waals surface area contributed by atoms with E-state index >= 15 is 0 Å². The van der Waals surface area contributed by atoms with Crippen molar-refractivity contribution < 1.29 is 19.5 Å². The lowest BCUT2D eigenvalue weighted by molar-refractivity contribution is -0.141. The first-order valence-electron chi connectivity index (χ1n) is 15.3. The van der Waals surface area contributed by atoms with Gasteiger partial charge in [0.2, 0.25) is 0 Å². The Bertz CT molecular complexity index is 1390. The van der Waals surface area contributed by atoms with Gasteiger partial charge in [0.05, 0.1) is 0 Å². The number of benzene rings is 3. The van der Waals surface area contributed by atoms with Gasteiger partial charge in [-0.3, -0.25) is 9.59 Å². The molecule has 2 aliphatic rings. The van der Waals surface area contributed by atoms with Crippen LogP contribution in [-0.2, 0) is 24.3 Å². The van der Waals surface area contributed by atoms with Gasteiger partial charge in [0.1, 0.15) is 6.04 Å². The number of nitrogens with zero attached hydrogens (tertiary/aromatic N) is 2. The second kappa shape index (κ2) is 13.8. The third-order valence-electron chi connectivity index (χ3n) is 8.56. The summed E-state index contributed by atoms with van der Waals surface area (Å²) in [7, 11) is 0. The first-order valence-corrected chi connectivity index (χ1v) is 15.3. The number of carboxylic acids is 1. The van der Waals surface area contributed by atoms with Gasteiger partial charge in [0, 0.05) is 43.3 Å². The second-order valence-corrected chi connectivity index (χ2v) is 11.5. The summed E-state index contributed by atoms with van der Waals surface area (Å²) in [5.74, 6) is -1.22. The number of hydrogen-bond acceptors (Lipinski definition) is 4. The van der Waals surface area contributed by atoms with E-state index in [1.165, 1.54) is 22.4 Å². The number of carbonyl (C=O) groups excluding carboxylic acids is 2. The van der Waals surface area contributed by atoms with E-state index < -0.39 is 12.0 Å². The SMILES string of the molecule is CCCCN(Cc1ccc(C(=O)N2CCC[C@@H]2C(=O)O)cc1)C(=O)c1ccc(CNC2CCCc3ccccc32)cc1. The van der Waals surface area contributed by atoms with Crippen LogP contribution >= 0.6 is 0 Å². The number of nitrogens with one attached hydrogen (secondary N) is 1. The highest BCUT2D eigenvalue weighted by Crippen LogP contribution is 2.29. The normalized spacial score (nSPS) is 18.0. The van der Waals surface area contributed by atoms with Gasteiger partial charge in [0.25, 0.3) is 11.8 Å². The van der Waals surface area contributed by atoms with Gasteiger partial charge in [-0.1, -0.05) is 61.9 Å². The lowest BCUT2D eigenvalue weighted by Gasteiger charge is -2.26. The molecule has 5 rings (SSSR count). The zero-order chi connectivity index (χ0) is 29.5. The van der Waals surface area contributed by atoms with Crippen LogP contribution in [0.3, 0.4) is 0 Å². The maximum Gasteiger partial charge on any atom is 0.326 e. The van der Waals surface area contributed by atoms with Crippen LogP contribution in [0.15, 0.2) is 72.8 Å². The van der Waals surface area contributed by atoms with Crippen molar-refractivity contribution in [1.82, 2.24) is 15.1 Å². The van der Waals surface area contributed by atoms with Crippen molar-refractivity contribution >= 4 is 17.8 Å². The summed E-state index contributed by atoms with van der Waals surface area (Å²) in [6, 6.07) is 23.4. The Morgan fingerprint density at radius 1 is 0.905 bits per heavy atom. The summed E-state index contributed by atoms with van der Waals surface area (Å²) in [4.78, 5) is 41.3. The number of unbranched alkanes of at least 4 members (excludes halogenated alkanes) is 1. The Labute approximate surface area is 248 Å². The third kappa shape index (κ3) is 6.90. The van der Waals surface area contributed by atoms with Gasteiger partial charge in [-0.25, -0.2) is 4.79 Å². The largest absolute Gasteiger partial charge is 0.480 e. The Hall–Kier alpha value is -3.97. The second-order valence-electron chi connectivity index (χ2n) is 11.5. The van der Waals surface area contributed by atoms with Crippen molar-refractivity contribution in [3.05, 3.63) is 106 Å². The molecule has 7 nitrogen and oxygen atoms in total. The number of hydrogen-bond donors (Lipinski definition) is 2. The Morgan fingerprint density at radius 3 is 2.36 bits per heavy atom. The molecule has 0 radical (unpaired) electrons. The molecule has 0 bridgehead atoms. The van der Waals surface area contributed by atoms with E-state index in [4.69, 9.17) is 0 Å². The van der Waals surface area contributed by atoms with Gasteiger partial charge in [-0.05, 0) is 85.0 Å². The maximum atomic E-state index is 13.6. The molecule has 2 amide bonds. The van der Waals surface area contributed by atoms with Gasteiger partial charge < -0.3 is 20.2 Å². The average molecular weight is 568 g/mol. The minimum Gasteiger partial charge on any atom is -0.480 e. The van der Waals surface area contributed by atoms with E-state index in [0.717, 1.165) is 43.4 Å². The summed E-state index contributed by atoms with van der Waals surface area (Å²) < 4.78 is 0. The van der Waals surface area contributed by atoms with Crippen LogP contribution < -0.4 is 5.32 Å². The molecule has 1 unspecified atom stereocenters. The molecule has 2 atom stereocenters. The molecule has 2 N–H and O–H groups in total. The number of rotatable bonds is 11. The summed E-state index contributed by atoms with van der Waals surface area (Å²) in [5, 5.41) is 13.1. The minimum absolute atomic E-state index is 0.00862. The van der Waals surface area contributed by atoms with Gasteiger partial charge in [-0.2, -0.15) is 0 Å². The molecule has 1 fully saturated rings. The van der Waals surface area contributed by atoms with Crippen molar-refractivity contribution in [3.8, 4) is 0 Å². The highest BCUT2D eigenvalue weighted by atomic mass is 16.4. The molecular formula is C35H41N3O4. The van der Waals surface area contributed by atoms with Crippen molar-refractivity contribution in [3.63, 3.8) is 0 Å². The molecule has 1 saturated heterocycles. The zero-order valence-corrected chi connectivity index (χ0v) is 24.4. The molecule has 42 heavy (non-hydrogen) atoms. The fraction of sp³-hybridized carbons (Fsp3) is 0.400. The smallest absolute Gasteiger partial charge is 0.326 e. The fourth-order valence-corrected chi connectivity index (χ4v) is 6.16. The number of fused-ring (bicyclic) bond motifs is 1. The van der Waals surface area contributed by atoms with Crippen LogP contribution in [0.5, 0.6) is 0 Å². The van der Waals surface area contributed by atoms with Gasteiger partial charge in [0.15, 0.2) is 0 Å². The van der Waals surface area contributed by atoms with E-state index in [9.17, 15) is 19.5 Å². The summed E-state index contributed by atoms with van der Waals surface area (Å²) in [6.07, 6.45) is 6.54. The van der Waals surface area contributed by atoms with Crippen LogP contribution in [0, 0.1) is 0 Å². The standard InChI is InChI=1S/C35H41N3O4/c1-2-3-21-37(24-26-15-19-29(20-16-26)34(40)38-22-7-12-32(38)35(41)42)33(39)28-17-13-25(14-18-28)23-36-31-11-6-9-27-8-4-5-10-30(27)31/h4-5,8,10,13-20,31-32,36H,2-3,6-7,9,11-12,21-24H2,1H3,(H,41,42)/t31?,32-/m1/s1. The summed E-state index contributed by atoms with van der Waals surface area (Å²) in [5.41, 5.74) is 6.06. The monoisotopic (exact) mass is 567 g/mol. The zero-order valence-electron chi connectivity index (χ0n) is 24.4. The number of amides is 2. The maximum absolute atomic E-state index is 13.6. The Kier molecular flexibility index (Phi) is 9.70. The molecule has 0 aromatic heterocycles. The predicted molar refractivity (Wildman–Crippen MR) is 163 cm³/mol. The topological polar surface area (TPSA) is 90.0 Å². The number of likely N-dealkylation sites (tertiary alicyclic amines) is 1. The van der Waals surface area contributed by atoms with E-state index in [2.05, 4.69) is 36.5 Å². The number of carbonyl (C=O) groups is 3. The van der Waals surface area contributed by atoms with Crippen LogP contribution in [0.25, 0.3) is 0 Å². The molecule has 1 aliphatic carbocycles. The Balaban J connectivity index is 1.21. The molecule has 3 aromatic carbocycles. The van der Waals surface area contributed by atoms with Crippen LogP contribution in [-0.4, -0.2) is 51.8 Å². The van der Waals surface area contributed by atoms with Crippen molar-refractivity contribution in [2.75, 3.05) is 13.1 Å². The molecule has 1 aliphatic heterocycles. The Morgan fingerprint density at radius 2 is 1.62 bits per heavy atom. The van der Waals surface area contributed by atoms with E-state index in [-0.39, 0.29) is 11.8 Å². The van der Waals surface area contributed by atoms with Crippen LogP contribution in [0.2, 0.25) is 0 Å². The predicted octanol–water partition coefficient (Wildman–Crippen LogP) is 5.99. The molecular weight excluding hydrogens is 526 g/mol. The number of carboxylic acid groups (broad SMARTS) is 1. The minimum atomic E-state index is -0.957. The fourth-order valence-electron chi connectivity index (χ4n) is 6.16. The van der Waals surface area contributed by atoms with Crippen LogP contribution in [0.1, 0.15) is 94.5 Å². The van der Waals surface area contributed by atoms with E-state index in [0.29, 0.717) is 49.6 Å². The number of aryl methyl sites for hydroxylation is 1. The molecule has 7 heteroatoms. The number of aliphatic carboxylic acids is 1. The van der Waals surface area contributed by atoms with Crippen molar-refractivity contribution in [2.45, 2.75) is 77.0 Å². The summed E-state index contributed by atoms with van der Waals surface area (Å²) >= 11 is 0. The first kappa shape index (κ1) is 29.5. The van der Waals surface area contributed by atoms with E-state index in [1.807, 2.05) is 41.3 Å². The van der Waals surface area contributed by atoms with Crippen LogP contribution in [0.4, 0.5) is 0 Å². The highest BCUT2D eigenvalue weighted by molar-refractivity contribution is 5.97. The molecule has 1 heterocycles. The third-order valence-corrected chi connectivity index (χ3v) is 8.56. The van der Waals surface area contributed by atoms with Crippen molar-refractivity contribution in [1.29, 1.82) is 0 Å². The van der Waals surface area contributed by atoms with Gasteiger partial charge in [-0.15, -0.1) is 0 Å². The lowest BCUT2D eigenvalue weighted by Crippen LogP contribution is -2.40. The van der Waals surface area contributed by atoms with Crippen molar-refractivity contribution in [2.24, 2.45) is 0 Å². The highest BCUT2D eigenvalue weighted by Gasteiger charge is 2.34. The lowest BCUT2D eigenvalue weighted by atomic mass is 9.87. The first-order chi connectivity index (χ1) is 20.4. The summed E-state index contributed by atoms with van der Waals surface area (Å²) in [6.45, 7) is 4.41.